The highest BCUT2D eigenvalue weighted by molar-refractivity contribution is 5.79. The molecule has 4 rings (SSSR count). The largest absolute Gasteiger partial charge is 0.433 e. The van der Waals surface area contributed by atoms with E-state index in [1.54, 1.807) is 6.92 Å². The van der Waals surface area contributed by atoms with Gasteiger partial charge in [-0.3, -0.25) is 9.59 Å². The number of ether oxygens (including phenoxy) is 2. The first-order valence-corrected chi connectivity index (χ1v) is 12.6. The van der Waals surface area contributed by atoms with Crippen LogP contribution in [0.2, 0.25) is 0 Å². The fourth-order valence-corrected chi connectivity index (χ4v) is 8.76. The second-order valence-electron chi connectivity index (χ2n) is 11.6. The summed E-state index contributed by atoms with van der Waals surface area (Å²) in [6, 6.07) is 0. The van der Waals surface area contributed by atoms with Gasteiger partial charge < -0.3 is 14.6 Å². The van der Waals surface area contributed by atoms with Crippen molar-refractivity contribution >= 4 is 11.8 Å². The molecular weight excluding hydrogens is 392 g/mol. The van der Waals surface area contributed by atoms with Gasteiger partial charge in [-0.2, -0.15) is 0 Å². The Labute approximate surface area is 187 Å². The minimum absolute atomic E-state index is 0.182. The Morgan fingerprint density at radius 2 is 1.68 bits per heavy atom. The van der Waals surface area contributed by atoms with Gasteiger partial charge in [0.1, 0.15) is 11.4 Å². The van der Waals surface area contributed by atoms with Crippen molar-refractivity contribution in [2.45, 2.75) is 104 Å². The molecule has 0 aliphatic heterocycles. The Morgan fingerprint density at radius 3 is 2.32 bits per heavy atom. The second kappa shape index (κ2) is 8.13. The normalized spacial score (nSPS) is 47.6. The molecule has 5 heteroatoms. The van der Waals surface area contributed by atoms with Gasteiger partial charge in [-0.15, -0.1) is 0 Å². The number of esters is 1. The maximum atomic E-state index is 12.3. The number of Topliss-reactive ketones (excluding diaryl/α,β-unsaturated/α-hetero) is 1. The highest BCUT2D eigenvalue weighted by Gasteiger charge is 2.62. The SMILES string of the molecule is CCOC(OC(C)=O)[C@@]1(O)CC[C@@]2(C)[C@@H](CC[C@@H]3[C@@H]2CC[C@]2(C)[C@@H](C(C)=O)CC[C@@H]32)C1. The van der Waals surface area contributed by atoms with Gasteiger partial charge >= 0.3 is 5.97 Å². The van der Waals surface area contributed by atoms with Crippen molar-refractivity contribution in [3.63, 3.8) is 0 Å². The van der Waals surface area contributed by atoms with E-state index < -0.39 is 17.9 Å². The fraction of sp³-hybridized carbons (Fsp3) is 0.923. The third-order valence-corrected chi connectivity index (χ3v) is 10.3. The van der Waals surface area contributed by atoms with Crippen LogP contribution in [0.3, 0.4) is 0 Å². The molecule has 9 atom stereocenters. The molecule has 4 fully saturated rings. The van der Waals surface area contributed by atoms with Crippen LogP contribution in [-0.2, 0) is 19.1 Å². The predicted octanol–water partition coefficient (Wildman–Crippen LogP) is 4.89. The summed E-state index contributed by atoms with van der Waals surface area (Å²) in [5.41, 5.74) is -0.715. The standard InChI is InChI=1S/C26H42O5/c1-6-30-23(31-17(3)28)26(29)14-13-24(4)18(15-26)7-8-19-21-10-9-20(16(2)27)25(21,5)12-11-22(19)24/h18-23,29H,6-15H2,1-5H3/t18-,19-,20+,21-,22-,23?,24-,25+,26+/m0/s1. The zero-order valence-corrected chi connectivity index (χ0v) is 20.1. The van der Waals surface area contributed by atoms with Crippen LogP contribution in [0, 0.1) is 40.4 Å². The molecule has 1 unspecified atom stereocenters. The monoisotopic (exact) mass is 434 g/mol. The van der Waals surface area contributed by atoms with E-state index >= 15 is 0 Å². The van der Waals surface area contributed by atoms with E-state index in [4.69, 9.17) is 9.47 Å². The van der Waals surface area contributed by atoms with Crippen LogP contribution in [-0.4, -0.2) is 35.4 Å². The van der Waals surface area contributed by atoms with Crippen LogP contribution in [0.15, 0.2) is 0 Å². The lowest BCUT2D eigenvalue weighted by molar-refractivity contribution is -0.258. The number of ketones is 1. The summed E-state index contributed by atoms with van der Waals surface area (Å²) in [5, 5.41) is 11.5. The van der Waals surface area contributed by atoms with E-state index in [2.05, 4.69) is 13.8 Å². The molecule has 176 valence electrons. The summed E-state index contributed by atoms with van der Waals surface area (Å²) in [5.74, 6) is 2.67. The molecule has 0 spiro atoms. The van der Waals surface area contributed by atoms with Crippen LogP contribution in [0.4, 0.5) is 0 Å². The van der Waals surface area contributed by atoms with E-state index in [0.717, 1.165) is 25.7 Å². The molecule has 0 aromatic rings. The van der Waals surface area contributed by atoms with Gasteiger partial charge in [-0.25, -0.2) is 0 Å². The molecule has 31 heavy (non-hydrogen) atoms. The zero-order chi connectivity index (χ0) is 22.6. The highest BCUT2D eigenvalue weighted by Crippen LogP contribution is 2.68. The van der Waals surface area contributed by atoms with Crippen LogP contribution in [0.1, 0.15) is 92.4 Å². The Morgan fingerprint density at radius 1 is 0.968 bits per heavy atom. The van der Waals surface area contributed by atoms with Crippen LogP contribution in [0.5, 0.6) is 0 Å². The van der Waals surface area contributed by atoms with E-state index in [0.29, 0.717) is 48.9 Å². The van der Waals surface area contributed by atoms with Gasteiger partial charge in [-0.05, 0) is 106 Å². The molecule has 0 aromatic carbocycles. The average molecular weight is 435 g/mol. The molecule has 0 aromatic heterocycles. The fourth-order valence-electron chi connectivity index (χ4n) is 8.76. The van der Waals surface area contributed by atoms with Crippen LogP contribution in [0.25, 0.3) is 0 Å². The summed E-state index contributed by atoms with van der Waals surface area (Å²) in [4.78, 5) is 24.0. The Bertz CT molecular complexity index is 721. The first-order chi connectivity index (χ1) is 14.5. The van der Waals surface area contributed by atoms with E-state index in [1.165, 1.54) is 26.2 Å². The smallest absolute Gasteiger partial charge is 0.305 e. The summed E-state index contributed by atoms with van der Waals surface area (Å²) in [7, 11) is 0. The molecule has 4 aliphatic carbocycles. The van der Waals surface area contributed by atoms with Crippen LogP contribution >= 0.6 is 0 Å². The van der Waals surface area contributed by atoms with E-state index in [9.17, 15) is 14.7 Å². The summed E-state index contributed by atoms with van der Waals surface area (Å²) in [6.07, 6.45) is 8.24. The Balaban J connectivity index is 1.54. The molecule has 0 bridgehead atoms. The number of aliphatic hydroxyl groups is 1. The third-order valence-electron chi connectivity index (χ3n) is 10.3. The van der Waals surface area contributed by atoms with Crippen molar-refractivity contribution in [1.82, 2.24) is 0 Å². The number of carbonyl (C=O) groups excluding carboxylic acids is 2. The first kappa shape index (κ1) is 23.2. The summed E-state index contributed by atoms with van der Waals surface area (Å²) < 4.78 is 11.1. The number of hydrogen-bond donors (Lipinski definition) is 1. The molecule has 0 saturated heterocycles. The minimum atomic E-state index is -1.10. The van der Waals surface area contributed by atoms with Crippen molar-refractivity contribution in [1.29, 1.82) is 0 Å². The van der Waals surface area contributed by atoms with Gasteiger partial charge in [0.2, 0.25) is 6.29 Å². The highest BCUT2D eigenvalue weighted by atomic mass is 16.7. The number of hydrogen-bond acceptors (Lipinski definition) is 5. The Hall–Kier alpha value is -0.940. The summed E-state index contributed by atoms with van der Waals surface area (Å²) in [6.45, 7) is 10.3. The lowest BCUT2D eigenvalue weighted by Gasteiger charge is -2.62. The maximum absolute atomic E-state index is 12.3. The minimum Gasteiger partial charge on any atom is -0.433 e. The van der Waals surface area contributed by atoms with Crippen molar-refractivity contribution in [3.8, 4) is 0 Å². The summed E-state index contributed by atoms with van der Waals surface area (Å²) >= 11 is 0. The lowest BCUT2D eigenvalue weighted by atomic mass is 9.43. The predicted molar refractivity (Wildman–Crippen MR) is 118 cm³/mol. The average Bonchev–Trinajstić information content (AvgIpc) is 3.05. The molecule has 5 nitrogen and oxygen atoms in total. The van der Waals surface area contributed by atoms with Crippen LogP contribution < -0.4 is 0 Å². The van der Waals surface area contributed by atoms with Crippen molar-refractivity contribution < 1.29 is 24.2 Å². The van der Waals surface area contributed by atoms with Gasteiger partial charge in [0.25, 0.3) is 0 Å². The molecule has 0 amide bonds. The molecule has 1 N–H and O–H groups in total. The number of rotatable bonds is 5. The maximum Gasteiger partial charge on any atom is 0.305 e. The Kier molecular flexibility index (Phi) is 6.09. The molecule has 4 aliphatic rings. The quantitative estimate of drug-likeness (QED) is 0.493. The van der Waals surface area contributed by atoms with Gasteiger partial charge in [0.15, 0.2) is 0 Å². The number of carbonyl (C=O) groups is 2. The lowest BCUT2D eigenvalue weighted by Crippen LogP contribution is -2.59. The zero-order valence-electron chi connectivity index (χ0n) is 20.1. The second-order valence-corrected chi connectivity index (χ2v) is 11.6. The number of fused-ring (bicyclic) bond motifs is 5. The molecule has 4 saturated carbocycles. The van der Waals surface area contributed by atoms with Crippen molar-refractivity contribution in [2.24, 2.45) is 40.4 Å². The third kappa shape index (κ3) is 3.68. The van der Waals surface area contributed by atoms with Gasteiger partial charge in [0.05, 0.1) is 0 Å². The topological polar surface area (TPSA) is 72.8 Å². The van der Waals surface area contributed by atoms with E-state index in [-0.39, 0.29) is 16.7 Å². The van der Waals surface area contributed by atoms with Gasteiger partial charge in [-0.1, -0.05) is 13.8 Å². The van der Waals surface area contributed by atoms with Gasteiger partial charge in [0, 0.05) is 19.4 Å². The molecular formula is C26H42O5. The van der Waals surface area contributed by atoms with Crippen molar-refractivity contribution in [3.05, 3.63) is 0 Å². The van der Waals surface area contributed by atoms with Crippen molar-refractivity contribution in [2.75, 3.05) is 6.61 Å². The van der Waals surface area contributed by atoms with E-state index in [1.807, 2.05) is 6.92 Å². The first-order valence-electron chi connectivity index (χ1n) is 12.6. The molecule has 0 heterocycles. The molecule has 0 radical (unpaired) electrons.